The predicted octanol–water partition coefficient (Wildman–Crippen LogP) is 2.36. The summed E-state index contributed by atoms with van der Waals surface area (Å²) in [4.78, 5) is 18.0. The number of pyridine rings is 1. The molecule has 1 aromatic heterocycles. The van der Waals surface area contributed by atoms with Gasteiger partial charge in [-0.3, -0.25) is 9.78 Å². The normalized spacial score (nSPS) is 10.7. The molecule has 1 heterocycles. The Labute approximate surface area is 119 Å². The molecule has 106 valence electrons. The van der Waals surface area contributed by atoms with Gasteiger partial charge in [-0.1, -0.05) is 24.3 Å². The van der Waals surface area contributed by atoms with Crippen molar-refractivity contribution in [2.75, 3.05) is 13.2 Å². The molecule has 0 aliphatic rings. The van der Waals surface area contributed by atoms with Crippen LogP contribution in [0.15, 0.2) is 36.4 Å². The highest BCUT2D eigenvalue weighted by Crippen LogP contribution is 2.13. The maximum Gasteiger partial charge on any atom is 0.219 e. The van der Waals surface area contributed by atoms with Gasteiger partial charge in [-0.2, -0.15) is 0 Å². The van der Waals surface area contributed by atoms with E-state index in [1.54, 1.807) is 11.8 Å². The molecular weight excluding hydrogens is 252 g/mol. The molecule has 0 aliphatic heterocycles. The number of amides is 1. The van der Waals surface area contributed by atoms with Crippen LogP contribution in [0.4, 0.5) is 0 Å². The van der Waals surface area contributed by atoms with Gasteiger partial charge in [0.25, 0.3) is 0 Å². The third kappa shape index (κ3) is 3.78. The summed E-state index contributed by atoms with van der Waals surface area (Å²) in [6, 6.07) is 11.9. The van der Waals surface area contributed by atoms with Crippen molar-refractivity contribution in [3.05, 3.63) is 42.1 Å². The number of benzene rings is 1. The number of hydrogen-bond donors (Lipinski definition) is 1. The smallest absolute Gasteiger partial charge is 0.219 e. The first-order chi connectivity index (χ1) is 9.70. The lowest BCUT2D eigenvalue weighted by Crippen LogP contribution is -2.29. The van der Waals surface area contributed by atoms with E-state index in [-0.39, 0.29) is 12.5 Å². The summed E-state index contributed by atoms with van der Waals surface area (Å²) >= 11 is 0. The largest absolute Gasteiger partial charge is 0.396 e. The van der Waals surface area contributed by atoms with Gasteiger partial charge in [0.15, 0.2) is 0 Å². The predicted molar refractivity (Wildman–Crippen MR) is 79.2 cm³/mol. The van der Waals surface area contributed by atoms with Gasteiger partial charge in [-0.05, 0) is 25.0 Å². The number of carbonyl (C=O) groups excluding carboxylic acids is 1. The third-order valence-corrected chi connectivity index (χ3v) is 3.29. The molecule has 4 heteroatoms. The molecule has 1 amide bonds. The van der Waals surface area contributed by atoms with Crippen molar-refractivity contribution in [3.63, 3.8) is 0 Å². The second-order valence-corrected chi connectivity index (χ2v) is 4.87. The van der Waals surface area contributed by atoms with E-state index in [2.05, 4.69) is 4.98 Å². The number of aliphatic hydroxyl groups is 1. The van der Waals surface area contributed by atoms with Crippen LogP contribution in [0.1, 0.15) is 25.5 Å². The second-order valence-electron chi connectivity index (χ2n) is 4.87. The van der Waals surface area contributed by atoms with Gasteiger partial charge >= 0.3 is 0 Å². The summed E-state index contributed by atoms with van der Waals surface area (Å²) in [5, 5.41) is 9.91. The van der Waals surface area contributed by atoms with Gasteiger partial charge in [0.1, 0.15) is 0 Å². The average Bonchev–Trinajstić information content (AvgIpc) is 2.46. The monoisotopic (exact) mass is 272 g/mol. The van der Waals surface area contributed by atoms with Crippen LogP contribution in [-0.2, 0) is 11.3 Å². The number of para-hydroxylation sites is 1. The van der Waals surface area contributed by atoms with Gasteiger partial charge in [-0.25, -0.2) is 0 Å². The number of fused-ring (bicyclic) bond motifs is 1. The Bertz CT molecular complexity index is 583. The van der Waals surface area contributed by atoms with E-state index >= 15 is 0 Å². The van der Waals surface area contributed by atoms with Crippen LogP contribution in [0.25, 0.3) is 10.9 Å². The van der Waals surface area contributed by atoms with Crippen LogP contribution >= 0.6 is 0 Å². The Morgan fingerprint density at radius 3 is 2.75 bits per heavy atom. The van der Waals surface area contributed by atoms with Crippen LogP contribution < -0.4 is 0 Å². The molecule has 0 spiro atoms. The molecular formula is C16H20N2O2. The van der Waals surface area contributed by atoms with Crippen LogP contribution in [0.2, 0.25) is 0 Å². The molecule has 0 aliphatic carbocycles. The SMILES string of the molecule is CC(=O)N(CCCCO)Cc1ccc2ccccc2n1. The minimum absolute atomic E-state index is 0.0397. The summed E-state index contributed by atoms with van der Waals surface area (Å²) in [5.74, 6) is 0.0397. The fourth-order valence-corrected chi connectivity index (χ4v) is 2.15. The molecule has 0 bridgehead atoms. The number of unbranched alkanes of at least 4 members (excludes halogenated alkanes) is 1. The number of aliphatic hydroxyl groups excluding tert-OH is 1. The highest BCUT2D eigenvalue weighted by Gasteiger charge is 2.10. The van der Waals surface area contributed by atoms with E-state index in [9.17, 15) is 4.79 Å². The Kier molecular flexibility index (Phi) is 5.07. The van der Waals surface area contributed by atoms with Gasteiger partial charge in [0, 0.05) is 25.5 Å². The quantitative estimate of drug-likeness (QED) is 0.821. The van der Waals surface area contributed by atoms with Crippen LogP contribution in [0.3, 0.4) is 0 Å². The molecule has 0 saturated carbocycles. The molecule has 0 saturated heterocycles. The first kappa shape index (κ1) is 14.5. The fraction of sp³-hybridized carbons (Fsp3) is 0.375. The number of aromatic nitrogens is 1. The topological polar surface area (TPSA) is 53.4 Å². The highest BCUT2D eigenvalue weighted by molar-refractivity contribution is 5.78. The number of rotatable bonds is 6. The van der Waals surface area contributed by atoms with Crippen molar-refractivity contribution in [1.29, 1.82) is 0 Å². The van der Waals surface area contributed by atoms with E-state index in [4.69, 9.17) is 5.11 Å². The maximum absolute atomic E-state index is 11.6. The van der Waals surface area contributed by atoms with E-state index < -0.39 is 0 Å². The first-order valence-electron chi connectivity index (χ1n) is 6.92. The summed E-state index contributed by atoms with van der Waals surface area (Å²) < 4.78 is 0. The minimum atomic E-state index is 0.0397. The highest BCUT2D eigenvalue weighted by atomic mass is 16.3. The molecule has 1 aromatic carbocycles. The first-order valence-corrected chi connectivity index (χ1v) is 6.92. The van der Waals surface area contributed by atoms with Crippen molar-refractivity contribution in [2.24, 2.45) is 0 Å². The van der Waals surface area contributed by atoms with Crippen molar-refractivity contribution in [2.45, 2.75) is 26.3 Å². The Hall–Kier alpha value is -1.94. The van der Waals surface area contributed by atoms with Crippen LogP contribution in [-0.4, -0.2) is 34.0 Å². The second kappa shape index (κ2) is 7.01. The third-order valence-electron chi connectivity index (χ3n) is 3.29. The number of nitrogens with zero attached hydrogens (tertiary/aromatic N) is 2. The van der Waals surface area contributed by atoms with Gasteiger partial charge < -0.3 is 10.0 Å². The Morgan fingerprint density at radius 2 is 2.00 bits per heavy atom. The van der Waals surface area contributed by atoms with E-state index in [1.165, 1.54) is 0 Å². The maximum atomic E-state index is 11.6. The zero-order valence-corrected chi connectivity index (χ0v) is 11.7. The summed E-state index contributed by atoms with van der Waals surface area (Å²) in [5.41, 5.74) is 1.84. The van der Waals surface area contributed by atoms with Crippen LogP contribution in [0.5, 0.6) is 0 Å². The molecule has 20 heavy (non-hydrogen) atoms. The van der Waals surface area contributed by atoms with Gasteiger partial charge in [0.05, 0.1) is 17.8 Å². The van der Waals surface area contributed by atoms with Crippen molar-refractivity contribution < 1.29 is 9.90 Å². The Balaban J connectivity index is 2.09. The van der Waals surface area contributed by atoms with Crippen LogP contribution in [0, 0.1) is 0 Å². The van der Waals surface area contributed by atoms with E-state index in [1.807, 2.05) is 36.4 Å². The number of carbonyl (C=O) groups is 1. The standard InChI is InChI=1S/C16H20N2O2/c1-13(20)18(10-4-5-11-19)12-15-9-8-14-6-2-3-7-16(14)17-15/h2-3,6-9,19H,4-5,10-12H2,1H3. The minimum Gasteiger partial charge on any atom is -0.396 e. The molecule has 0 fully saturated rings. The number of hydrogen-bond acceptors (Lipinski definition) is 3. The van der Waals surface area contributed by atoms with Crippen molar-refractivity contribution in [1.82, 2.24) is 9.88 Å². The zero-order valence-electron chi connectivity index (χ0n) is 11.7. The Morgan fingerprint density at radius 1 is 1.20 bits per heavy atom. The average molecular weight is 272 g/mol. The lowest BCUT2D eigenvalue weighted by Gasteiger charge is -2.20. The lowest BCUT2D eigenvalue weighted by molar-refractivity contribution is -0.129. The summed E-state index contributed by atoms with van der Waals surface area (Å²) in [7, 11) is 0. The van der Waals surface area contributed by atoms with E-state index in [0.29, 0.717) is 13.1 Å². The van der Waals surface area contributed by atoms with E-state index in [0.717, 1.165) is 29.4 Å². The van der Waals surface area contributed by atoms with Gasteiger partial charge in [-0.15, -0.1) is 0 Å². The molecule has 0 atom stereocenters. The summed E-state index contributed by atoms with van der Waals surface area (Å²) in [6.07, 6.45) is 1.53. The van der Waals surface area contributed by atoms with Gasteiger partial charge in [0.2, 0.25) is 5.91 Å². The van der Waals surface area contributed by atoms with Crippen molar-refractivity contribution >= 4 is 16.8 Å². The molecule has 4 nitrogen and oxygen atoms in total. The summed E-state index contributed by atoms with van der Waals surface area (Å²) in [6.45, 7) is 2.91. The molecule has 2 rings (SSSR count). The zero-order chi connectivity index (χ0) is 14.4. The molecule has 0 radical (unpaired) electrons. The molecule has 0 unspecified atom stereocenters. The molecule has 2 aromatic rings. The fourth-order valence-electron chi connectivity index (χ4n) is 2.15. The molecule has 1 N–H and O–H groups in total. The lowest BCUT2D eigenvalue weighted by atomic mass is 10.2. The van der Waals surface area contributed by atoms with Crippen molar-refractivity contribution in [3.8, 4) is 0 Å².